The number of likely N-dealkylation sites (tertiary alicyclic amines) is 1. The number of hydrogen-bond acceptors (Lipinski definition) is 4. The average Bonchev–Trinajstić information content (AvgIpc) is 2.41. The van der Waals surface area contributed by atoms with Crippen LogP contribution in [0.1, 0.15) is 25.5 Å². The SMILES string of the molecule is CCN1CCC(N(C)c2ccc(N)c(C)n2)CC1. The van der Waals surface area contributed by atoms with E-state index in [2.05, 4.69) is 28.8 Å². The highest BCUT2D eigenvalue weighted by Crippen LogP contribution is 2.22. The summed E-state index contributed by atoms with van der Waals surface area (Å²) in [6, 6.07) is 4.58. The monoisotopic (exact) mass is 248 g/mol. The fourth-order valence-electron chi connectivity index (χ4n) is 2.56. The fraction of sp³-hybridized carbons (Fsp3) is 0.643. The van der Waals surface area contributed by atoms with Crippen LogP contribution in [0.15, 0.2) is 12.1 Å². The zero-order chi connectivity index (χ0) is 13.1. The molecule has 100 valence electrons. The zero-order valence-corrected chi connectivity index (χ0v) is 11.7. The number of aryl methyl sites for hydroxylation is 1. The van der Waals surface area contributed by atoms with E-state index < -0.39 is 0 Å². The molecule has 0 atom stereocenters. The summed E-state index contributed by atoms with van der Waals surface area (Å²) in [4.78, 5) is 9.39. The van der Waals surface area contributed by atoms with Gasteiger partial charge in [-0.3, -0.25) is 0 Å². The molecule has 0 radical (unpaired) electrons. The van der Waals surface area contributed by atoms with Gasteiger partial charge in [-0.2, -0.15) is 0 Å². The number of nitrogen functional groups attached to an aromatic ring is 1. The smallest absolute Gasteiger partial charge is 0.128 e. The minimum Gasteiger partial charge on any atom is -0.397 e. The molecule has 1 fully saturated rings. The van der Waals surface area contributed by atoms with Crippen LogP contribution in [-0.2, 0) is 0 Å². The Hall–Kier alpha value is -1.29. The molecular weight excluding hydrogens is 224 g/mol. The lowest BCUT2D eigenvalue weighted by Crippen LogP contribution is -2.43. The highest BCUT2D eigenvalue weighted by molar-refractivity contribution is 5.50. The van der Waals surface area contributed by atoms with Crippen LogP contribution >= 0.6 is 0 Å². The quantitative estimate of drug-likeness (QED) is 0.887. The predicted molar refractivity (Wildman–Crippen MR) is 76.9 cm³/mol. The van der Waals surface area contributed by atoms with E-state index in [9.17, 15) is 0 Å². The number of nitrogens with zero attached hydrogens (tertiary/aromatic N) is 3. The molecule has 1 aromatic rings. The Kier molecular flexibility index (Phi) is 4.07. The lowest BCUT2D eigenvalue weighted by Gasteiger charge is -2.37. The van der Waals surface area contributed by atoms with Gasteiger partial charge in [0.05, 0.1) is 11.4 Å². The van der Waals surface area contributed by atoms with Crippen molar-refractivity contribution >= 4 is 11.5 Å². The molecule has 0 unspecified atom stereocenters. The Bertz CT molecular complexity index is 397. The zero-order valence-electron chi connectivity index (χ0n) is 11.7. The van der Waals surface area contributed by atoms with Crippen LogP contribution in [0.3, 0.4) is 0 Å². The van der Waals surface area contributed by atoms with Crippen molar-refractivity contribution in [1.29, 1.82) is 0 Å². The minimum absolute atomic E-state index is 0.600. The summed E-state index contributed by atoms with van der Waals surface area (Å²) in [6.45, 7) is 7.75. The molecule has 1 aromatic heterocycles. The van der Waals surface area contributed by atoms with Crippen LogP contribution in [0.4, 0.5) is 11.5 Å². The number of aromatic nitrogens is 1. The Morgan fingerprint density at radius 3 is 2.61 bits per heavy atom. The number of rotatable bonds is 3. The topological polar surface area (TPSA) is 45.4 Å². The summed E-state index contributed by atoms with van der Waals surface area (Å²) in [7, 11) is 2.14. The van der Waals surface area contributed by atoms with Crippen molar-refractivity contribution in [2.24, 2.45) is 0 Å². The highest BCUT2D eigenvalue weighted by atomic mass is 15.2. The molecule has 2 heterocycles. The maximum atomic E-state index is 5.82. The molecule has 0 amide bonds. The third-order valence-corrected chi connectivity index (χ3v) is 4.03. The van der Waals surface area contributed by atoms with Gasteiger partial charge in [-0.25, -0.2) is 4.98 Å². The van der Waals surface area contributed by atoms with Crippen molar-refractivity contribution in [3.8, 4) is 0 Å². The van der Waals surface area contributed by atoms with Gasteiger partial charge in [-0.1, -0.05) is 6.92 Å². The van der Waals surface area contributed by atoms with Crippen LogP contribution in [0, 0.1) is 6.92 Å². The van der Waals surface area contributed by atoms with Gasteiger partial charge in [-0.15, -0.1) is 0 Å². The first-order chi connectivity index (χ1) is 8.61. The molecule has 4 nitrogen and oxygen atoms in total. The molecule has 2 N–H and O–H groups in total. The van der Waals surface area contributed by atoms with E-state index >= 15 is 0 Å². The molecular formula is C14H24N4. The minimum atomic E-state index is 0.600. The van der Waals surface area contributed by atoms with Gasteiger partial charge in [-0.05, 0) is 38.4 Å². The number of nitrogens with two attached hydrogens (primary N) is 1. The molecule has 1 aliphatic rings. The van der Waals surface area contributed by atoms with Crippen molar-refractivity contribution in [2.45, 2.75) is 32.7 Å². The van der Waals surface area contributed by atoms with Crippen molar-refractivity contribution in [3.63, 3.8) is 0 Å². The third kappa shape index (κ3) is 2.75. The molecule has 0 aromatic carbocycles. The van der Waals surface area contributed by atoms with E-state index in [1.165, 1.54) is 25.9 Å². The van der Waals surface area contributed by atoms with Gasteiger partial charge in [0.25, 0.3) is 0 Å². The number of pyridine rings is 1. The summed E-state index contributed by atoms with van der Waals surface area (Å²) < 4.78 is 0. The maximum absolute atomic E-state index is 5.82. The fourth-order valence-corrected chi connectivity index (χ4v) is 2.56. The normalized spacial score (nSPS) is 17.9. The van der Waals surface area contributed by atoms with Gasteiger partial charge in [0.1, 0.15) is 5.82 Å². The third-order valence-electron chi connectivity index (χ3n) is 4.03. The Balaban J connectivity index is 2.03. The van der Waals surface area contributed by atoms with E-state index in [1.54, 1.807) is 0 Å². The summed E-state index contributed by atoms with van der Waals surface area (Å²) in [6.07, 6.45) is 2.44. The van der Waals surface area contributed by atoms with E-state index in [-0.39, 0.29) is 0 Å². The van der Waals surface area contributed by atoms with Crippen molar-refractivity contribution < 1.29 is 0 Å². The highest BCUT2D eigenvalue weighted by Gasteiger charge is 2.22. The maximum Gasteiger partial charge on any atom is 0.128 e. The molecule has 0 bridgehead atoms. The second-order valence-corrected chi connectivity index (χ2v) is 5.12. The van der Waals surface area contributed by atoms with E-state index in [0.717, 1.165) is 23.7 Å². The van der Waals surface area contributed by atoms with Crippen LogP contribution in [0.2, 0.25) is 0 Å². The van der Waals surface area contributed by atoms with Gasteiger partial charge in [0.15, 0.2) is 0 Å². The second kappa shape index (κ2) is 5.57. The number of anilines is 2. The van der Waals surface area contributed by atoms with E-state index in [1.807, 2.05) is 19.1 Å². The molecule has 4 heteroatoms. The first-order valence-corrected chi connectivity index (χ1v) is 6.80. The molecule has 2 rings (SSSR count). The van der Waals surface area contributed by atoms with Crippen LogP contribution in [0.25, 0.3) is 0 Å². The Morgan fingerprint density at radius 1 is 1.39 bits per heavy atom. The summed E-state index contributed by atoms with van der Waals surface area (Å²) in [5, 5.41) is 0. The summed E-state index contributed by atoms with van der Waals surface area (Å²) in [5.41, 5.74) is 7.51. The first kappa shape index (κ1) is 13.1. The first-order valence-electron chi connectivity index (χ1n) is 6.80. The van der Waals surface area contributed by atoms with Crippen LogP contribution in [0.5, 0.6) is 0 Å². The van der Waals surface area contributed by atoms with Crippen LogP contribution < -0.4 is 10.6 Å². The van der Waals surface area contributed by atoms with Gasteiger partial charge < -0.3 is 15.5 Å². The van der Waals surface area contributed by atoms with Gasteiger partial charge in [0.2, 0.25) is 0 Å². The average molecular weight is 248 g/mol. The molecule has 0 aliphatic carbocycles. The van der Waals surface area contributed by atoms with Crippen molar-refractivity contribution in [2.75, 3.05) is 37.3 Å². The standard InChI is InChI=1S/C14H24N4/c1-4-18-9-7-12(8-10-18)17(3)14-6-5-13(15)11(2)16-14/h5-6,12H,4,7-10,15H2,1-3H3. The van der Waals surface area contributed by atoms with Crippen molar-refractivity contribution in [1.82, 2.24) is 9.88 Å². The lowest BCUT2D eigenvalue weighted by atomic mass is 10.0. The molecule has 0 spiro atoms. The Morgan fingerprint density at radius 2 is 2.06 bits per heavy atom. The van der Waals surface area contributed by atoms with Crippen LogP contribution in [-0.4, -0.2) is 42.6 Å². The Labute approximate surface area is 110 Å². The molecule has 18 heavy (non-hydrogen) atoms. The molecule has 1 aliphatic heterocycles. The van der Waals surface area contributed by atoms with E-state index in [0.29, 0.717) is 6.04 Å². The summed E-state index contributed by atoms with van der Waals surface area (Å²) in [5.74, 6) is 1.04. The van der Waals surface area contributed by atoms with Gasteiger partial charge in [0, 0.05) is 26.2 Å². The van der Waals surface area contributed by atoms with Gasteiger partial charge >= 0.3 is 0 Å². The summed E-state index contributed by atoms with van der Waals surface area (Å²) >= 11 is 0. The van der Waals surface area contributed by atoms with E-state index in [4.69, 9.17) is 5.73 Å². The lowest BCUT2D eigenvalue weighted by molar-refractivity contribution is 0.220. The second-order valence-electron chi connectivity index (χ2n) is 5.12. The molecule has 1 saturated heterocycles. The number of hydrogen-bond donors (Lipinski definition) is 1. The largest absolute Gasteiger partial charge is 0.397 e. The number of piperidine rings is 1. The van der Waals surface area contributed by atoms with Crippen molar-refractivity contribution in [3.05, 3.63) is 17.8 Å². The molecule has 0 saturated carbocycles. The predicted octanol–water partition coefficient (Wildman–Crippen LogP) is 1.89.